The third kappa shape index (κ3) is 3.01. The second-order valence-electron chi connectivity index (χ2n) is 4.85. The molecule has 0 radical (unpaired) electrons. The van der Waals surface area contributed by atoms with Gasteiger partial charge < -0.3 is 5.32 Å². The summed E-state index contributed by atoms with van der Waals surface area (Å²) < 4.78 is 27.0. The molecule has 0 spiro atoms. The number of hydrogen-bond donors (Lipinski definition) is 1. The zero-order valence-corrected chi connectivity index (χ0v) is 12.4. The van der Waals surface area contributed by atoms with E-state index in [1.165, 1.54) is 10.4 Å². The molecule has 1 saturated heterocycles. The van der Waals surface area contributed by atoms with Gasteiger partial charge >= 0.3 is 0 Å². The molecule has 1 N–H and O–H groups in total. The molecule has 1 aromatic rings. The lowest BCUT2D eigenvalue weighted by Crippen LogP contribution is -2.48. The van der Waals surface area contributed by atoms with Crippen molar-refractivity contribution in [2.24, 2.45) is 0 Å². The Morgan fingerprint density at radius 1 is 1.50 bits per heavy atom. The molecule has 6 heteroatoms. The number of rotatable bonds is 4. The van der Waals surface area contributed by atoms with Gasteiger partial charge in [0.05, 0.1) is 16.5 Å². The maximum Gasteiger partial charge on any atom is 0.243 e. The molecule has 20 heavy (non-hydrogen) atoms. The van der Waals surface area contributed by atoms with Crippen LogP contribution in [0.2, 0.25) is 0 Å². The maximum absolute atomic E-state index is 12.7. The first-order chi connectivity index (χ1) is 9.59. The molecule has 0 saturated carbocycles. The van der Waals surface area contributed by atoms with Crippen molar-refractivity contribution < 1.29 is 8.42 Å². The molecular weight excluding hydrogens is 274 g/mol. The molecule has 1 aliphatic heterocycles. The summed E-state index contributed by atoms with van der Waals surface area (Å²) in [6.45, 7) is 3.91. The Kier molecular flexibility index (Phi) is 4.76. The van der Waals surface area contributed by atoms with Gasteiger partial charge in [0.25, 0.3) is 0 Å². The van der Waals surface area contributed by atoms with Crippen molar-refractivity contribution in [2.45, 2.75) is 30.7 Å². The van der Waals surface area contributed by atoms with Crippen LogP contribution in [0, 0.1) is 11.3 Å². The fraction of sp³-hybridized carbons (Fsp3) is 0.500. The minimum atomic E-state index is -3.54. The first-order valence-corrected chi connectivity index (χ1v) is 8.26. The first-order valence-electron chi connectivity index (χ1n) is 6.82. The Morgan fingerprint density at radius 3 is 2.90 bits per heavy atom. The van der Waals surface area contributed by atoms with Crippen LogP contribution in [0.5, 0.6) is 0 Å². The van der Waals surface area contributed by atoms with Crippen molar-refractivity contribution in [1.29, 1.82) is 5.26 Å². The van der Waals surface area contributed by atoms with Gasteiger partial charge in [0.2, 0.25) is 10.0 Å². The topological polar surface area (TPSA) is 73.2 Å². The molecule has 0 aliphatic carbocycles. The average molecular weight is 293 g/mol. The summed E-state index contributed by atoms with van der Waals surface area (Å²) >= 11 is 0. The summed E-state index contributed by atoms with van der Waals surface area (Å²) in [7, 11) is -3.54. The fourth-order valence-corrected chi connectivity index (χ4v) is 4.27. The largest absolute Gasteiger partial charge is 0.315 e. The number of hydrogen-bond acceptors (Lipinski definition) is 4. The standard InChI is InChI=1S/C14H19N3O2S/c1-2-17(13-6-4-8-16-11-13)20(18,19)14-7-3-5-12(9-14)10-15/h3,5,7,9,13,16H,2,4,6,8,11H2,1H3. The number of piperidine rings is 1. The number of sulfonamides is 1. The highest BCUT2D eigenvalue weighted by atomic mass is 32.2. The average Bonchev–Trinajstić information content (AvgIpc) is 2.49. The SMILES string of the molecule is CCN(C1CCCNC1)S(=O)(=O)c1cccc(C#N)c1. The summed E-state index contributed by atoms with van der Waals surface area (Å²) in [6, 6.07) is 8.18. The van der Waals surface area contributed by atoms with Crippen molar-refractivity contribution in [3.63, 3.8) is 0 Å². The molecule has 1 atom stereocenters. The van der Waals surface area contributed by atoms with Crippen LogP contribution in [0.4, 0.5) is 0 Å². The van der Waals surface area contributed by atoms with Gasteiger partial charge in [-0.2, -0.15) is 9.57 Å². The van der Waals surface area contributed by atoms with E-state index in [1.807, 2.05) is 13.0 Å². The Balaban J connectivity index is 2.33. The lowest BCUT2D eigenvalue weighted by molar-refractivity contribution is 0.274. The van der Waals surface area contributed by atoms with Crippen molar-refractivity contribution in [3.05, 3.63) is 29.8 Å². The van der Waals surface area contributed by atoms with E-state index < -0.39 is 10.0 Å². The van der Waals surface area contributed by atoms with E-state index in [0.717, 1.165) is 19.4 Å². The smallest absolute Gasteiger partial charge is 0.243 e. The Labute approximate surface area is 120 Å². The summed E-state index contributed by atoms with van der Waals surface area (Å²) in [5.41, 5.74) is 0.365. The molecule has 1 unspecified atom stereocenters. The van der Waals surface area contributed by atoms with Crippen molar-refractivity contribution in [3.8, 4) is 6.07 Å². The molecule has 0 amide bonds. The first kappa shape index (κ1) is 15.0. The molecule has 1 aromatic carbocycles. The van der Waals surface area contributed by atoms with Crippen LogP contribution in [0.25, 0.3) is 0 Å². The minimum Gasteiger partial charge on any atom is -0.315 e. The van der Waals surface area contributed by atoms with E-state index in [1.54, 1.807) is 18.2 Å². The van der Waals surface area contributed by atoms with Crippen molar-refractivity contribution >= 4 is 10.0 Å². The number of likely N-dealkylation sites (N-methyl/N-ethyl adjacent to an activating group) is 1. The van der Waals surface area contributed by atoms with Gasteiger partial charge in [-0.3, -0.25) is 0 Å². The van der Waals surface area contributed by atoms with Gasteiger partial charge in [0, 0.05) is 19.1 Å². The van der Waals surface area contributed by atoms with Crippen molar-refractivity contribution in [2.75, 3.05) is 19.6 Å². The van der Waals surface area contributed by atoms with Crippen LogP contribution in [0.3, 0.4) is 0 Å². The van der Waals surface area contributed by atoms with Gasteiger partial charge in [-0.25, -0.2) is 8.42 Å². The summed E-state index contributed by atoms with van der Waals surface area (Å²) in [6.07, 6.45) is 1.85. The summed E-state index contributed by atoms with van der Waals surface area (Å²) in [5.74, 6) is 0. The number of benzene rings is 1. The lowest BCUT2D eigenvalue weighted by atomic mass is 10.1. The fourth-order valence-electron chi connectivity index (χ4n) is 2.57. The van der Waals surface area contributed by atoms with Crippen LogP contribution in [0.15, 0.2) is 29.2 Å². The van der Waals surface area contributed by atoms with E-state index in [4.69, 9.17) is 5.26 Å². The van der Waals surface area contributed by atoms with Gasteiger partial charge in [-0.1, -0.05) is 13.0 Å². The molecule has 2 rings (SSSR count). The van der Waals surface area contributed by atoms with Crippen LogP contribution in [0.1, 0.15) is 25.3 Å². The number of nitrogens with zero attached hydrogens (tertiary/aromatic N) is 2. The predicted octanol–water partition coefficient (Wildman–Crippen LogP) is 1.32. The Bertz CT molecular complexity index is 601. The van der Waals surface area contributed by atoms with Gasteiger partial charge in [0.15, 0.2) is 0 Å². The molecule has 108 valence electrons. The maximum atomic E-state index is 12.7. The molecule has 1 aliphatic rings. The Morgan fingerprint density at radius 2 is 2.30 bits per heavy atom. The van der Waals surface area contributed by atoms with Gasteiger partial charge in [-0.05, 0) is 37.6 Å². The van der Waals surface area contributed by atoms with Gasteiger partial charge in [0.1, 0.15) is 0 Å². The second-order valence-corrected chi connectivity index (χ2v) is 6.74. The van der Waals surface area contributed by atoms with Crippen LogP contribution < -0.4 is 5.32 Å². The molecule has 5 nitrogen and oxygen atoms in total. The monoisotopic (exact) mass is 293 g/mol. The highest BCUT2D eigenvalue weighted by Crippen LogP contribution is 2.22. The van der Waals surface area contributed by atoms with E-state index >= 15 is 0 Å². The lowest BCUT2D eigenvalue weighted by Gasteiger charge is -2.33. The second kappa shape index (κ2) is 6.35. The quantitative estimate of drug-likeness (QED) is 0.908. The highest BCUT2D eigenvalue weighted by Gasteiger charge is 2.31. The minimum absolute atomic E-state index is 0.00973. The third-order valence-electron chi connectivity index (χ3n) is 3.56. The normalized spacial score (nSPS) is 19.8. The van der Waals surface area contributed by atoms with Gasteiger partial charge in [-0.15, -0.1) is 0 Å². The molecule has 0 bridgehead atoms. The van der Waals surface area contributed by atoms with E-state index in [2.05, 4.69) is 5.32 Å². The van der Waals surface area contributed by atoms with E-state index in [0.29, 0.717) is 18.7 Å². The summed E-state index contributed by atoms with van der Waals surface area (Å²) in [5, 5.41) is 12.1. The predicted molar refractivity (Wildman–Crippen MR) is 76.6 cm³/mol. The van der Waals surface area contributed by atoms with Crippen LogP contribution in [-0.4, -0.2) is 38.4 Å². The zero-order chi connectivity index (χ0) is 14.6. The van der Waals surface area contributed by atoms with Crippen LogP contribution >= 0.6 is 0 Å². The molecule has 0 aromatic heterocycles. The van der Waals surface area contributed by atoms with E-state index in [-0.39, 0.29) is 10.9 Å². The summed E-state index contributed by atoms with van der Waals surface area (Å²) in [4.78, 5) is 0.198. The molecule has 1 fully saturated rings. The third-order valence-corrected chi connectivity index (χ3v) is 5.58. The molecular formula is C14H19N3O2S. The number of nitrogens with one attached hydrogen (secondary N) is 1. The van der Waals surface area contributed by atoms with Crippen LogP contribution in [-0.2, 0) is 10.0 Å². The Hall–Kier alpha value is -1.42. The van der Waals surface area contributed by atoms with E-state index in [9.17, 15) is 8.42 Å². The molecule has 1 heterocycles. The van der Waals surface area contributed by atoms with Crippen molar-refractivity contribution in [1.82, 2.24) is 9.62 Å². The number of nitriles is 1. The highest BCUT2D eigenvalue weighted by molar-refractivity contribution is 7.89. The zero-order valence-electron chi connectivity index (χ0n) is 11.5.